The second-order valence-corrected chi connectivity index (χ2v) is 3.02. The van der Waals surface area contributed by atoms with Gasteiger partial charge < -0.3 is 10.1 Å². The van der Waals surface area contributed by atoms with Gasteiger partial charge in [0.1, 0.15) is 6.21 Å². The summed E-state index contributed by atoms with van der Waals surface area (Å²) in [5.74, 6) is -0.0401. The molecular weight excluding hydrogens is 142 g/mol. The van der Waals surface area contributed by atoms with Crippen LogP contribution >= 0.6 is 0 Å². The molecule has 0 saturated heterocycles. The van der Waals surface area contributed by atoms with Crippen LogP contribution in [0.15, 0.2) is 0 Å². The summed E-state index contributed by atoms with van der Waals surface area (Å²) >= 11 is 0. The molecule has 0 fully saturated rings. The number of carbonyl (C=O) groups is 1. The molecule has 0 aromatic heterocycles. The fourth-order valence-corrected chi connectivity index (χ4v) is 0.944. The van der Waals surface area contributed by atoms with E-state index < -0.39 is 5.97 Å². The van der Waals surface area contributed by atoms with Crippen molar-refractivity contribution in [2.24, 2.45) is 5.92 Å². The third-order valence-corrected chi connectivity index (χ3v) is 1.24. The lowest BCUT2D eigenvalue weighted by Gasteiger charge is -2.13. The van der Waals surface area contributed by atoms with Gasteiger partial charge in [0.05, 0.1) is 6.10 Å². The Morgan fingerprint density at radius 3 is 2.45 bits per heavy atom. The highest BCUT2D eigenvalue weighted by Gasteiger charge is 2.08. The third kappa shape index (κ3) is 5.58. The molecule has 1 atom stereocenters. The first-order chi connectivity index (χ1) is 5.06. The highest BCUT2D eigenvalue weighted by molar-refractivity contribution is 6.21. The average Bonchev–Trinajstić information content (AvgIpc) is 1.85. The molecule has 11 heavy (non-hydrogen) atoms. The first-order valence-electron chi connectivity index (χ1n) is 3.77. The van der Waals surface area contributed by atoms with Gasteiger partial charge in [0, 0.05) is 0 Å². The molecule has 0 aliphatic rings. The third-order valence-electron chi connectivity index (χ3n) is 1.24. The van der Waals surface area contributed by atoms with Gasteiger partial charge in [0.15, 0.2) is 0 Å². The van der Waals surface area contributed by atoms with Crippen LogP contribution in [0.2, 0.25) is 0 Å². The van der Waals surface area contributed by atoms with Crippen LogP contribution in [0.3, 0.4) is 0 Å². The fraction of sp³-hybridized carbons (Fsp3) is 0.750. The number of rotatable bonds is 4. The Balaban J connectivity index is 3.59. The van der Waals surface area contributed by atoms with Crippen LogP contribution in [0.5, 0.6) is 0 Å². The van der Waals surface area contributed by atoms with E-state index in [9.17, 15) is 4.79 Å². The van der Waals surface area contributed by atoms with Gasteiger partial charge >= 0.3 is 5.97 Å². The standard InChI is InChI=1S/C8H15NO2/c1-6(2)4-7(3)11-8(10)5-9/h5-7,9H,4H2,1-3H3. The summed E-state index contributed by atoms with van der Waals surface area (Å²) in [5, 5.41) is 6.58. The van der Waals surface area contributed by atoms with E-state index in [2.05, 4.69) is 13.8 Å². The molecule has 1 unspecified atom stereocenters. The predicted molar refractivity (Wildman–Crippen MR) is 43.8 cm³/mol. The summed E-state index contributed by atoms with van der Waals surface area (Å²) in [6.07, 6.45) is 1.46. The molecule has 64 valence electrons. The molecule has 0 bridgehead atoms. The molecule has 0 radical (unpaired) electrons. The lowest BCUT2D eigenvalue weighted by atomic mass is 10.1. The van der Waals surface area contributed by atoms with E-state index in [0.717, 1.165) is 6.42 Å². The number of nitrogens with one attached hydrogen (secondary N) is 1. The molecule has 0 aromatic carbocycles. The minimum Gasteiger partial charge on any atom is -0.458 e. The van der Waals surface area contributed by atoms with E-state index in [4.69, 9.17) is 10.1 Å². The first-order valence-corrected chi connectivity index (χ1v) is 3.77. The van der Waals surface area contributed by atoms with Crippen molar-refractivity contribution in [3.63, 3.8) is 0 Å². The van der Waals surface area contributed by atoms with Gasteiger partial charge in [-0.2, -0.15) is 0 Å². The van der Waals surface area contributed by atoms with Crippen LogP contribution in [0.25, 0.3) is 0 Å². The van der Waals surface area contributed by atoms with Crippen LogP contribution in [0, 0.1) is 11.3 Å². The highest BCUT2D eigenvalue weighted by atomic mass is 16.5. The molecule has 0 aliphatic heterocycles. The molecular formula is C8H15NO2. The smallest absolute Gasteiger partial charge is 0.348 e. The molecule has 0 saturated carbocycles. The maximum absolute atomic E-state index is 10.5. The molecule has 3 heteroatoms. The van der Waals surface area contributed by atoms with Gasteiger partial charge in [-0.25, -0.2) is 4.79 Å². The number of carbonyl (C=O) groups excluding carboxylic acids is 1. The summed E-state index contributed by atoms with van der Waals surface area (Å²) in [6.45, 7) is 5.96. The van der Waals surface area contributed by atoms with Crippen molar-refractivity contribution in [2.75, 3.05) is 0 Å². The topological polar surface area (TPSA) is 50.2 Å². The number of hydrogen-bond donors (Lipinski definition) is 1. The summed E-state index contributed by atoms with van der Waals surface area (Å²) < 4.78 is 4.83. The van der Waals surface area contributed by atoms with Crippen molar-refractivity contribution < 1.29 is 9.53 Å². The van der Waals surface area contributed by atoms with Crippen LogP contribution < -0.4 is 0 Å². The zero-order chi connectivity index (χ0) is 8.85. The Bertz CT molecular complexity index is 143. The Morgan fingerprint density at radius 2 is 2.09 bits per heavy atom. The SMILES string of the molecule is CC(C)CC(C)OC(=O)C=N. The lowest BCUT2D eigenvalue weighted by molar-refractivity contribution is -0.140. The Kier molecular flexibility index (Phi) is 4.50. The van der Waals surface area contributed by atoms with Crippen molar-refractivity contribution in [1.29, 1.82) is 5.41 Å². The van der Waals surface area contributed by atoms with Crippen LogP contribution in [0.4, 0.5) is 0 Å². The predicted octanol–water partition coefficient (Wildman–Crippen LogP) is 1.61. The quantitative estimate of drug-likeness (QED) is 0.498. The van der Waals surface area contributed by atoms with E-state index in [1.165, 1.54) is 0 Å². The maximum atomic E-state index is 10.5. The maximum Gasteiger partial charge on any atom is 0.348 e. The Labute approximate surface area is 67.3 Å². The zero-order valence-electron chi connectivity index (χ0n) is 7.26. The van der Waals surface area contributed by atoms with Crippen LogP contribution in [-0.2, 0) is 9.53 Å². The number of esters is 1. The summed E-state index contributed by atoms with van der Waals surface area (Å²) in [6, 6.07) is 0. The van der Waals surface area contributed by atoms with Gasteiger partial charge in [-0.3, -0.25) is 0 Å². The molecule has 0 aromatic rings. The fourth-order valence-electron chi connectivity index (χ4n) is 0.944. The van der Waals surface area contributed by atoms with E-state index in [1.807, 2.05) is 6.92 Å². The lowest BCUT2D eigenvalue weighted by Crippen LogP contribution is -2.17. The molecule has 0 heterocycles. The zero-order valence-corrected chi connectivity index (χ0v) is 7.26. The van der Waals surface area contributed by atoms with E-state index in [1.54, 1.807) is 0 Å². The number of hydrogen-bond acceptors (Lipinski definition) is 3. The Morgan fingerprint density at radius 1 is 1.55 bits per heavy atom. The minimum absolute atomic E-state index is 0.0795. The van der Waals surface area contributed by atoms with Gasteiger partial charge in [0.2, 0.25) is 0 Å². The van der Waals surface area contributed by atoms with E-state index >= 15 is 0 Å². The van der Waals surface area contributed by atoms with Crippen molar-refractivity contribution >= 4 is 12.2 Å². The largest absolute Gasteiger partial charge is 0.458 e. The van der Waals surface area contributed by atoms with Crippen LogP contribution in [-0.4, -0.2) is 18.3 Å². The monoisotopic (exact) mass is 157 g/mol. The summed E-state index contributed by atoms with van der Waals surface area (Å²) in [4.78, 5) is 10.5. The Hall–Kier alpha value is -0.860. The second-order valence-electron chi connectivity index (χ2n) is 3.02. The van der Waals surface area contributed by atoms with Crippen molar-refractivity contribution in [3.8, 4) is 0 Å². The normalized spacial score (nSPS) is 12.7. The average molecular weight is 157 g/mol. The molecule has 3 nitrogen and oxygen atoms in total. The van der Waals surface area contributed by atoms with Crippen molar-refractivity contribution in [3.05, 3.63) is 0 Å². The second kappa shape index (κ2) is 4.88. The minimum atomic E-state index is -0.557. The molecule has 0 aliphatic carbocycles. The number of ether oxygens (including phenoxy) is 1. The van der Waals surface area contributed by atoms with Gasteiger partial charge in [-0.05, 0) is 19.3 Å². The van der Waals surface area contributed by atoms with Crippen LogP contribution in [0.1, 0.15) is 27.2 Å². The summed E-state index contributed by atoms with van der Waals surface area (Å²) in [5.41, 5.74) is 0. The molecule has 0 spiro atoms. The van der Waals surface area contributed by atoms with Crippen molar-refractivity contribution in [1.82, 2.24) is 0 Å². The highest BCUT2D eigenvalue weighted by Crippen LogP contribution is 2.06. The van der Waals surface area contributed by atoms with Gasteiger partial charge in [0.25, 0.3) is 0 Å². The molecule has 1 N–H and O–H groups in total. The van der Waals surface area contributed by atoms with Gasteiger partial charge in [-0.15, -0.1) is 0 Å². The van der Waals surface area contributed by atoms with E-state index in [-0.39, 0.29) is 6.10 Å². The first kappa shape index (κ1) is 10.1. The molecule has 0 amide bonds. The molecule has 0 rings (SSSR count). The van der Waals surface area contributed by atoms with Crippen molar-refractivity contribution in [2.45, 2.75) is 33.3 Å². The summed E-state index contributed by atoms with van der Waals surface area (Å²) in [7, 11) is 0. The van der Waals surface area contributed by atoms with Gasteiger partial charge in [-0.1, -0.05) is 13.8 Å². The van der Waals surface area contributed by atoms with E-state index in [0.29, 0.717) is 12.1 Å².